The number of rotatable bonds is 4. The molecule has 1 aliphatic carbocycles. The van der Waals surface area contributed by atoms with Crippen LogP contribution in [0.3, 0.4) is 0 Å². The second kappa shape index (κ2) is 6.34. The number of hydrogen-bond donors (Lipinski definition) is 1. The highest BCUT2D eigenvalue weighted by atomic mass is 32.1. The van der Waals surface area contributed by atoms with Crippen LogP contribution >= 0.6 is 12.6 Å². The standard InChI is InChI=1S/C16H22N2S/c1-18(15-8-4-3-7-14(15)11-17)12-16(13-19)9-5-2-6-10-16/h3-4,7-8,19H,2,5-6,9-10,12-13H2,1H3. The van der Waals surface area contributed by atoms with Gasteiger partial charge in [0.2, 0.25) is 0 Å². The summed E-state index contributed by atoms with van der Waals surface area (Å²) in [4.78, 5) is 2.24. The van der Waals surface area contributed by atoms with Crippen molar-refractivity contribution in [2.75, 3.05) is 24.2 Å². The zero-order valence-electron chi connectivity index (χ0n) is 11.6. The summed E-state index contributed by atoms with van der Waals surface area (Å²) in [5, 5.41) is 9.20. The molecule has 0 radical (unpaired) electrons. The Balaban J connectivity index is 2.15. The van der Waals surface area contributed by atoms with Gasteiger partial charge in [-0.05, 0) is 36.1 Å². The van der Waals surface area contributed by atoms with Crippen LogP contribution in [0.2, 0.25) is 0 Å². The Kier molecular flexibility index (Phi) is 4.76. The van der Waals surface area contributed by atoms with Crippen molar-refractivity contribution in [2.24, 2.45) is 5.41 Å². The first-order chi connectivity index (χ1) is 9.21. The lowest BCUT2D eigenvalue weighted by atomic mass is 9.75. The minimum Gasteiger partial charge on any atom is -0.373 e. The SMILES string of the molecule is CN(CC1(CS)CCCCC1)c1ccccc1C#N. The predicted octanol–water partition coefficient (Wildman–Crippen LogP) is 3.87. The third kappa shape index (κ3) is 3.25. The van der Waals surface area contributed by atoms with Gasteiger partial charge in [0, 0.05) is 13.6 Å². The monoisotopic (exact) mass is 274 g/mol. The maximum atomic E-state index is 9.20. The molecule has 0 aromatic heterocycles. The molecule has 3 heteroatoms. The van der Waals surface area contributed by atoms with Crippen LogP contribution in [0.25, 0.3) is 0 Å². The van der Waals surface area contributed by atoms with Gasteiger partial charge >= 0.3 is 0 Å². The maximum absolute atomic E-state index is 9.20. The lowest BCUT2D eigenvalue weighted by Crippen LogP contribution is -2.39. The van der Waals surface area contributed by atoms with Crippen molar-refractivity contribution in [3.8, 4) is 6.07 Å². The smallest absolute Gasteiger partial charge is 0.101 e. The quantitative estimate of drug-likeness (QED) is 0.844. The summed E-state index contributed by atoms with van der Waals surface area (Å²) in [6, 6.07) is 10.1. The Morgan fingerprint density at radius 3 is 2.58 bits per heavy atom. The maximum Gasteiger partial charge on any atom is 0.101 e. The fourth-order valence-corrected chi connectivity index (χ4v) is 3.57. The van der Waals surface area contributed by atoms with E-state index in [1.807, 2.05) is 24.3 Å². The fraction of sp³-hybridized carbons (Fsp3) is 0.562. The molecule has 102 valence electrons. The molecular formula is C16H22N2S. The van der Waals surface area contributed by atoms with E-state index in [-0.39, 0.29) is 0 Å². The topological polar surface area (TPSA) is 27.0 Å². The van der Waals surface area contributed by atoms with E-state index in [4.69, 9.17) is 0 Å². The fourth-order valence-electron chi connectivity index (χ4n) is 3.16. The van der Waals surface area contributed by atoms with Crippen LogP contribution in [0.4, 0.5) is 5.69 Å². The van der Waals surface area contributed by atoms with Crippen LogP contribution in [0.1, 0.15) is 37.7 Å². The summed E-state index contributed by atoms with van der Waals surface area (Å²) in [5.41, 5.74) is 2.12. The Morgan fingerprint density at radius 2 is 1.95 bits per heavy atom. The lowest BCUT2D eigenvalue weighted by Gasteiger charge is -2.40. The molecule has 2 nitrogen and oxygen atoms in total. The number of thiol groups is 1. The van der Waals surface area contributed by atoms with Crippen molar-refractivity contribution in [1.82, 2.24) is 0 Å². The molecule has 1 aromatic rings. The molecule has 1 saturated carbocycles. The molecule has 0 saturated heterocycles. The van der Waals surface area contributed by atoms with E-state index in [0.29, 0.717) is 5.41 Å². The minimum absolute atomic E-state index is 0.318. The van der Waals surface area contributed by atoms with E-state index in [2.05, 4.69) is 30.6 Å². The largest absolute Gasteiger partial charge is 0.373 e. The van der Waals surface area contributed by atoms with Gasteiger partial charge in [-0.2, -0.15) is 17.9 Å². The normalized spacial score (nSPS) is 17.7. The average Bonchev–Trinajstić information content (AvgIpc) is 2.48. The van der Waals surface area contributed by atoms with E-state index in [1.165, 1.54) is 32.1 Å². The molecule has 1 aromatic carbocycles. The van der Waals surface area contributed by atoms with Gasteiger partial charge in [0.05, 0.1) is 11.3 Å². The summed E-state index contributed by atoms with van der Waals surface area (Å²) in [7, 11) is 2.09. The van der Waals surface area contributed by atoms with Crippen LogP contribution in [0, 0.1) is 16.7 Å². The second-order valence-corrected chi connectivity index (χ2v) is 6.02. The molecule has 1 aliphatic rings. The van der Waals surface area contributed by atoms with Gasteiger partial charge in [0.1, 0.15) is 6.07 Å². The zero-order valence-corrected chi connectivity index (χ0v) is 12.5. The minimum atomic E-state index is 0.318. The van der Waals surface area contributed by atoms with Gasteiger partial charge in [0.25, 0.3) is 0 Å². The summed E-state index contributed by atoms with van der Waals surface area (Å²) < 4.78 is 0. The molecule has 0 unspecified atom stereocenters. The number of nitrogens with zero attached hydrogens (tertiary/aromatic N) is 2. The van der Waals surface area contributed by atoms with Crippen LogP contribution in [0.5, 0.6) is 0 Å². The molecule has 0 N–H and O–H groups in total. The molecule has 1 fully saturated rings. The summed E-state index contributed by atoms with van der Waals surface area (Å²) >= 11 is 4.59. The first-order valence-corrected chi connectivity index (χ1v) is 7.65. The first kappa shape index (κ1) is 14.3. The third-order valence-corrected chi connectivity index (χ3v) is 4.93. The molecule has 0 spiro atoms. The van der Waals surface area contributed by atoms with Gasteiger partial charge in [-0.3, -0.25) is 0 Å². The van der Waals surface area contributed by atoms with Crippen LogP contribution in [0.15, 0.2) is 24.3 Å². The van der Waals surface area contributed by atoms with Crippen LogP contribution < -0.4 is 4.90 Å². The van der Waals surface area contributed by atoms with Crippen LogP contribution in [-0.2, 0) is 0 Å². The van der Waals surface area contributed by atoms with E-state index >= 15 is 0 Å². The summed E-state index contributed by atoms with van der Waals surface area (Å²) in [6.07, 6.45) is 6.50. The molecule has 0 aliphatic heterocycles. The van der Waals surface area contributed by atoms with E-state index in [0.717, 1.165) is 23.5 Å². The lowest BCUT2D eigenvalue weighted by molar-refractivity contribution is 0.230. The van der Waals surface area contributed by atoms with Crippen LogP contribution in [-0.4, -0.2) is 19.3 Å². The average molecular weight is 274 g/mol. The number of benzene rings is 1. The number of anilines is 1. The second-order valence-electron chi connectivity index (χ2n) is 5.70. The van der Waals surface area contributed by atoms with Gasteiger partial charge in [-0.25, -0.2) is 0 Å². The van der Waals surface area contributed by atoms with Gasteiger partial charge < -0.3 is 4.90 Å². The predicted molar refractivity (Wildman–Crippen MR) is 83.8 cm³/mol. The number of hydrogen-bond acceptors (Lipinski definition) is 3. The van der Waals surface area contributed by atoms with Crippen molar-refractivity contribution >= 4 is 18.3 Å². The molecule has 0 atom stereocenters. The van der Waals surface area contributed by atoms with Gasteiger partial charge in [0.15, 0.2) is 0 Å². The first-order valence-electron chi connectivity index (χ1n) is 7.02. The van der Waals surface area contributed by atoms with Crippen molar-refractivity contribution in [2.45, 2.75) is 32.1 Å². The highest BCUT2D eigenvalue weighted by Crippen LogP contribution is 2.38. The Labute approximate surface area is 121 Å². The highest BCUT2D eigenvalue weighted by Gasteiger charge is 2.32. The van der Waals surface area contributed by atoms with E-state index in [9.17, 15) is 5.26 Å². The number of para-hydroxylation sites is 1. The van der Waals surface area contributed by atoms with E-state index < -0.39 is 0 Å². The van der Waals surface area contributed by atoms with Crippen molar-refractivity contribution in [1.29, 1.82) is 5.26 Å². The molecule has 0 heterocycles. The van der Waals surface area contributed by atoms with E-state index in [1.54, 1.807) is 0 Å². The van der Waals surface area contributed by atoms with Gasteiger partial charge in [-0.1, -0.05) is 31.4 Å². The Bertz CT molecular complexity index is 458. The summed E-state index contributed by atoms with van der Waals surface area (Å²) in [5.74, 6) is 0.937. The Morgan fingerprint density at radius 1 is 1.26 bits per heavy atom. The molecule has 19 heavy (non-hydrogen) atoms. The zero-order chi connectivity index (χ0) is 13.7. The third-order valence-electron chi connectivity index (χ3n) is 4.26. The highest BCUT2D eigenvalue weighted by molar-refractivity contribution is 7.80. The summed E-state index contributed by atoms with van der Waals surface area (Å²) in [6.45, 7) is 0.995. The molecular weight excluding hydrogens is 252 g/mol. The molecule has 2 rings (SSSR count). The van der Waals surface area contributed by atoms with Crippen molar-refractivity contribution in [3.05, 3.63) is 29.8 Å². The van der Waals surface area contributed by atoms with Crippen molar-refractivity contribution in [3.63, 3.8) is 0 Å². The van der Waals surface area contributed by atoms with Gasteiger partial charge in [-0.15, -0.1) is 0 Å². The van der Waals surface area contributed by atoms with Crippen molar-refractivity contribution < 1.29 is 0 Å². The molecule has 0 bridgehead atoms. The Hall–Kier alpha value is -1.14. The molecule has 0 amide bonds. The number of nitriles is 1.